The normalized spacial score (nSPS) is 14.1. The minimum atomic E-state index is -3.64. The molecule has 1 amide bonds. The quantitative estimate of drug-likeness (QED) is 0.899. The molecule has 0 fully saturated rings. The van der Waals surface area contributed by atoms with Gasteiger partial charge in [-0.1, -0.05) is 6.07 Å². The highest BCUT2D eigenvalue weighted by molar-refractivity contribution is 5.85. The Morgan fingerprint density at radius 1 is 1.16 bits per heavy atom. The van der Waals surface area contributed by atoms with Crippen LogP contribution in [-0.2, 0) is 11.3 Å². The van der Waals surface area contributed by atoms with Crippen LogP contribution in [0, 0.1) is 6.92 Å². The van der Waals surface area contributed by atoms with Crippen molar-refractivity contribution in [3.8, 4) is 17.2 Å². The van der Waals surface area contributed by atoms with Crippen molar-refractivity contribution in [3.63, 3.8) is 0 Å². The van der Waals surface area contributed by atoms with Crippen LogP contribution >= 0.6 is 0 Å². The van der Waals surface area contributed by atoms with Crippen molar-refractivity contribution in [3.05, 3.63) is 47.5 Å². The number of fused-ring (bicyclic) bond motifs is 1. The number of amides is 1. The lowest BCUT2D eigenvalue weighted by Gasteiger charge is -2.11. The van der Waals surface area contributed by atoms with E-state index in [0.29, 0.717) is 17.0 Å². The molecule has 0 radical (unpaired) electrons. The Balaban J connectivity index is 1.65. The molecule has 0 aromatic heterocycles. The second kappa shape index (κ2) is 6.46. The van der Waals surface area contributed by atoms with Crippen LogP contribution in [0.1, 0.15) is 11.1 Å². The van der Waals surface area contributed by atoms with Gasteiger partial charge < -0.3 is 18.9 Å². The van der Waals surface area contributed by atoms with Gasteiger partial charge in [-0.05, 0) is 48.4 Å². The predicted molar refractivity (Wildman–Crippen MR) is 84.2 cm³/mol. The summed E-state index contributed by atoms with van der Waals surface area (Å²) in [7, 11) is 1.28. The number of carbonyl (C=O) groups excluding carboxylic acids is 1. The Bertz CT molecular complexity index is 810. The smallest absolute Gasteiger partial charge is 0.489 e. The molecule has 0 aliphatic carbocycles. The zero-order chi connectivity index (χ0) is 18.0. The molecule has 1 aliphatic heterocycles. The average Bonchev–Trinajstić information content (AvgIpc) is 2.88. The first kappa shape index (κ1) is 16.8. The number of aryl methyl sites for hydroxylation is 1. The monoisotopic (exact) mass is 351 g/mol. The third-order valence-electron chi connectivity index (χ3n) is 3.49. The number of benzene rings is 2. The third-order valence-corrected chi connectivity index (χ3v) is 3.49. The highest BCUT2D eigenvalue weighted by Crippen LogP contribution is 2.41. The summed E-state index contributed by atoms with van der Waals surface area (Å²) in [5.74, 6) is 0.527. The van der Waals surface area contributed by atoms with Crippen LogP contribution in [0.25, 0.3) is 0 Å². The average molecular weight is 351 g/mol. The molecule has 3 rings (SSSR count). The minimum absolute atomic E-state index is 0.0113. The molecule has 25 heavy (non-hydrogen) atoms. The van der Waals surface area contributed by atoms with E-state index >= 15 is 0 Å². The highest BCUT2D eigenvalue weighted by Gasteiger charge is 2.43. The summed E-state index contributed by atoms with van der Waals surface area (Å²) in [5, 5.41) is 2.58. The molecule has 0 bridgehead atoms. The minimum Gasteiger partial charge on any atom is -0.489 e. The van der Waals surface area contributed by atoms with Gasteiger partial charge in [0.25, 0.3) is 0 Å². The maximum atomic E-state index is 13.0. The lowest BCUT2D eigenvalue weighted by molar-refractivity contribution is -0.286. The molecule has 1 N–H and O–H groups in total. The Kier molecular flexibility index (Phi) is 4.35. The number of hydrogen-bond acceptors (Lipinski definition) is 5. The summed E-state index contributed by atoms with van der Waals surface area (Å²) in [4.78, 5) is 11.2. The van der Waals surface area contributed by atoms with Crippen molar-refractivity contribution >= 4 is 11.8 Å². The number of carbonyl (C=O) groups is 1. The second-order valence-electron chi connectivity index (χ2n) is 5.33. The molecule has 0 atom stereocenters. The van der Waals surface area contributed by atoms with Crippen molar-refractivity contribution in [1.82, 2.24) is 0 Å². The molecule has 1 heterocycles. The zero-order valence-electron chi connectivity index (χ0n) is 13.5. The molecular formula is C17H15F2NO5. The van der Waals surface area contributed by atoms with E-state index < -0.39 is 12.4 Å². The summed E-state index contributed by atoms with van der Waals surface area (Å²) in [6.45, 7) is 1.96. The molecule has 2 aromatic carbocycles. The predicted octanol–water partition coefficient (Wildman–Crippen LogP) is 4.07. The molecule has 0 spiro atoms. The summed E-state index contributed by atoms with van der Waals surface area (Å²) in [6.07, 6.45) is -4.20. The van der Waals surface area contributed by atoms with Crippen LogP contribution < -0.4 is 19.5 Å². The van der Waals surface area contributed by atoms with E-state index in [1.54, 1.807) is 31.2 Å². The number of anilines is 1. The van der Waals surface area contributed by atoms with E-state index in [-0.39, 0.29) is 18.1 Å². The fourth-order valence-corrected chi connectivity index (χ4v) is 2.28. The van der Waals surface area contributed by atoms with Gasteiger partial charge in [0, 0.05) is 5.69 Å². The van der Waals surface area contributed by atoms with Gasteiger partial charge in [0.2, 0.25) is 0 Å². The van der Waals surface area contributed by atoms with Crippen molar-refractivity contribution < 1.29 is 32.5 Å². The van der Waals surface area contributed by atoms with Crippen molar-refractivity contribution in [2.45, 2.75) is 19.8 Å². The summed E-state index contributed by atoms with van der Waals surface area (Å²) in [5.41, 5.74) is 2.03. The van der Waals surface area contributed by atoms with Crippen LogP contribution in [0.3, 0.4) is 0 Å². The van der Waals surface area contributed by atoms with E-state index in [2.05, 4.69) is 19.5 Å². The SMILES string of the molecule is COC(=O)Nc1ccc(OCc2ccc3c(c2)OC(F)(F)O3)cc1C. The van der Waals surface area contributed by atoms with Gasteiger partial charge in [0.1, 0.15) is 12.4 Å². The summed E-state index contributed by atoms with van der Waals surface area (Å²) < 4.78 is 44.9. The van der Waals surface area contributed by atoms with Crippen LogP contribution in [0.15, 0.2) is 36.4 Å². The van der Waals surface area contributed by atoms with Gasteiger partial charge in [0.15, 0.2) is 11.5 Å². The van der Waals surface area contributed by atoms with Crippen LogP contribution in [0.2, 0.25) is 0 Å². The molecule has 8 heteroatoms. The van der Waals surface area contributed by atoms with E-state index in [0.717, 1.165) is 5.56 Å². The van der Waals surface area contributed by atoms with E-state index in [1.807, 2.05) is 0 Å². The molecule has 2 aromatic rings. The summed E-state index contributed by atoms with van der Waals surface area (Å²) in [6, 6.07) is 9.57. The van der Waals surface area contributed by atoms with Crippen molar-refractivity contribution in [2.24, 2.45) is 0 Å². The zero-order valence-corrected chi connectivity index (χ0v) is 13.5. The van der Waals surface area contributed by atoms with Gasteiger partial charge in [-0.3, -0.25) is 5.32 Å². The van der Waals surface area contributed by atoms with E-state index in [4.69, 9.17) is 4.74 Å². The number of alkyl halides is 2. The Hall–Kier alpha value is -3.03. The van der Waals surface area contributed by atoms with Crippen molar-refractivity contribution in [2.75, 3.05) is 12.4 Å². The van der Waals surface area contributed by atoms with Crippen LogP contribution in [0.5, 0.6) is 17.2 Å². The van der Waals surface area contributed by atoms with Gasteiger partial charge >= 0.3 is 12.4 Å². The molecule has 0 unspecified atom stereocenters. The topological polar surface area (TPSA) is 66.0 Å². The van der Waals surface area contributed by atoms with Crippen molar-refractivity contribution in [1.29, 1.82) is 0 Å². The van der Waals surface area contributed by atoms with Gasteiger partial charge in [0.05, 0.1) is 7.11 Å². The van der Waals surface area contributed by atoms with Gasteiger partial charge in [-0.25, -0.2) is 4.79 Å². The van der Waals surface area contributed by atoms with Gasteiger partial charge in [-0.15, -0.1) is 8.78 Å². The number of methoxy groups -OCH3 is 1. The third kappa shape index (κ3) is 3.90. The lowest BCUT2D eigenvalue weighted by atomic mass is 10.2. The Morgan fingerprint density at radius 3 is 2.64 bits per heavy atom. The van der Waals surface area contributed by atoms with E-state index in [1.165, 1.54) is 19.2 Å². The van der Waals surface area contributed by atoms with E-state index in [9.17, 15) is 13.6 Å². The maximum absolute atomic E-state index is 13.0. The largest absolute Gasteiger partial charge is 0.586 e. The molecule has 6 nitrogen and oxygen atoms in total. The highest BCUT2D eigenvalue weighted by atomic mass is 19.3. The second-order valence-corrected chi connectivity index (χ2v) is 5.33. The lowest BCUT2D eigenvalue weighted by Crippen LogP contribution is -2.25. The molecule has 0 saturated heterocycles. The number of hydrogen-bond donors (Lipinski definition) is 1. The van der Waals surface area contributed by atoms with Crippen LogP contribution in [0.4, 0.5) is 19.3 Å². The molecule has 132 valence electrons. The fourth-order valence-electron chi connectivity index (χ4n) is 2.28. The number of rotatable bonds is 4. The fraction of sp³-hybridized carbons (Fsp3) is 0.235. The first-order valence-corrected chi connectivity index (χ1v) is 7.33. The first-order valence-electron chi connectivity index (χ1n) is 7.33. The van der Waals surface area contributed by atoms with Gasteiger partial charge in [-0.2, -0.15) is 0 Å². The maximum Gasteiger partial charge on any atom is 0.586 e. The summed E-state index contributed by atoms with van der Waals surface area (Å²) >= 11 is 0. The number of ether oxygens (including phenoxy) is 4. The Labute approximate surface area is 142 Å². The number of nitrogens with one attached hydrogen (secondary N) is 1. The Morgan fingerprint density at radius 2 is 1.92 bits per heavy atom. The standard InChI is InChI=1S/C17H15F2NO5/c1-10-7-12(4-5-13(10)20-16(21)22-2)23-9-11-3-6-14-15(8-11)25-17(18,19)24-14/h3-8H,9H2,1-2H3,(H,20,21). The number of halogens is 2. The molecule has 1 aliphatic rings. The molecule has 0 saturated carbocycles. The molecular weight excluding hydrogens is 336 g/mol. The first-order chi connectivity index (χ1) is 11.9. The van der Waals surface area contributed by atoms with Crippen LogP contribution in [-0.4, -0.2) is 19.5 Å².